The van der Waals surface area contributed by atoms with Crippen molar-refractivity contribution in [2.45, 2.75) is 19.6 Å². The molecule has 0 N–H and O–H groups in total. The summed E-state index contributed by atoms with van der Waals surface area (Å²) in [6.45, 7) is -1.27. The molecule has 0 radical (unpaired) electrons. The Hall–Kier alpha value is -1.98. The van der Waals surface area contributed by atoms with Gasteiger partial charge in [0.2, 0.25) is 0 Å². The van der Waals surface area contributed by atoms with Crippen LogP contribution in [0.5, 0.6) is 5.75 Å². The molecule has 0 aliphatic heterocycles. The first-order chi connectivity index (χ1) is 10.9. The Labute approximate surface area is 137 Å². The fraction of sp³-hybridized carbons (Fsp3) is 0.235. The topological polar surface area (TPSA) is 35.5 Å². The van der Waals surface area contributed by atoms with Gasteiger partial charge in [-0.2, -0.15) is 8.78 Å². The van der Waals surface area contributed by atoms with Crippen LogP contribution in [-0.4, -0.2) is 19.5 Å². The second-order valence-corrected chi connectivity index (χ2v) is 5.33. The monoisotopic (exact) mass is 340 g/mol. The first kappa shape index (κ1) is 17.4. The molecule has 1 unspecified atom stereocenters. The van der Waals surface area contributed by atoms with Gasteiger partial charge in [-0.1, -0.05) is 29.8 Å². The van der Waals surface area contributed by atoms with Crippen molar-refractivity contribution in [2.24, 2.45) is 0 Å². The first-order valence-electron chi connectivity index (χ1n) is 6.80. The van der Waals surface area contributed by atoms with Gasteiger partial charge < -0.3 is 9.47 Å². The summed E-state index contributed by atoms with van der Waals surface area (Å²) in [4.78, 5) is 12.6. The van der Waals surface area contributed by atoms with Crippen LogP contribution in [0.3, 0.4) is 0 Å². The van der Waals surface area contributed by atoms with Crippen molar-refractivity contribution in [2.75, 3.05) is 7.11 Å². The van der Waals surface area contributed by atoms with Gasteiger partial charge in [-0.25, -0.2) is 0 Å². The SMILES string of the molecule is COC(C(=O)c1cccc(Cl)c1)c1ccc(OC(F)F)c(C)c1. The number of alkyl halides is 2. The van der Waals surface area contributed by atoms with Gasteiger partial charge in [0.25, 0.3) is 0 Å². The van der Waals surface area contributed by atoms with E-state index < -0.39 is 12.7 Å². The average molecular weight is 341 g/mol. The molecule has 2 aromatic rings. The molecule has 0 aliphatic rings. The van der Waals surface area contributed by atoms with Crippen LogP contribution in [0.2, 0.25) is 5.02 Å². The number of hydrogen-bond donors (Lipinski definition) is 0. The van der Waals surface area contributed by atoms with E-state index in [1.54, 1.807) is 37.3 Å². The maximum absolute atomic E-state index is 12.6. The third-order valence-corrected chi connectivity index (χ3v) is 3.54. The van der Waals surface area contributed by atoms with Crippen LogP contribution in [0.1, 0.15) is 27.6 Å². The zero-order valence-corrected chi connectivity index (χ0v) is 13.3. The Morgan fingerprint density at radius 2 is 1.91 bits per heavy atom. The number of methoxy groups -OCH3 is 1. The zero-order chi connectivity index (χ0) is 17.0. The second kappa shape index (κ2) is 7.53. The molecule has 0 spiro atoms. The van der Waals surface area contributed by atoms with E-state index in [4.69, 9.17) is 16.3 Å². The number of hydrogen-bond acceptors (Lipinski definition) is 3. The number of ketones is 1. The number of Topliss-reactive ketones (excluding diaryl/α,β-unsaturated/α-hetero) is 1. The molecule has 0 saturated carbocycles. The lowest BCUT2D eigenvalue weighted by molar-refractivity contribution is -0.0503. The van der Waals surface area contributed by atoms with E-state index in [2.05, 4.69) is 4.74 Å². The molecule has 23 heavy (non-hydrogen) atoms. The maximum Gasteiger partial charge on any atom is 0.387 e. The van der Waals surface area contributed by atoms with Crippen molar-refractivity contribution in [3.05, 3.63) is 64.2 Å². The highest BCUT2D eigenvalue weighted by atomic mass is 35.5. The lowest BCUT2D eigenvalue weighted by Crippen LogP contribution is -2.15. The van der Waals surface area contributed by atoms with Crippen LogP contribution < -0.4 is 4.74 Å². The van der Waals surface area contributed by atoms with Gasteiger partial charge in [-0.05, 0) is 42.3 Å². The van der Waals surface area contributed by atoms with Crippen molar-refractivity contribution >= 4 is 17.4 Å². The Bertz CT molecular complexity index is 704. The number of carbonyl (C=O) groups excluding carboxylic acids is 1. The minimum atomic E-state index is -2.90. The normalized spacial score (nSPS) is 12.3. The summed E-state index contributed by atoms with van der Waals surface area (Å²) in [6.07, 6.45) is -0.854. The van der Waals surface area contributed by atoms with Crippen LogP contribution in [0, 0.1) is 6.92 Å². The Kier molecular flexibility index (Phi) is 5.69. The number of aryl methyl sites for hydroxylation is 1. The fourth-order valence-electron chi connectivity index (χ4n) is 2.25. The Balaban J connectivity index is 2.30. The predicted molar refractivity (Wildman–Crippen MR) is 83.3 cm³/mol. The summed E-state index contributed by atoms with van der Waals surface area (Å²) < 4.78 is 34.3. The maximum atomic E-state index is 12.6. The molecular weight excluding hydrogens is 326 g/mol. The Morgan fingerprint density at radius 3 is 2.48 bits per heavy atom. The molecule has 6 heteroatoms. The van der Waals surface area contributed by atoms with Crippen molar-refractivity contribution in [3.8, 4) is 5.75 Å². The van der Waals surface area contributed by atoms with E-state index >= 15 is 0 Å². The second-order valence-electron chi connectivity index (χ2n) is 4.89. The molecule has 2 rings (SSSR count). The smallest absolute Gasteiger partial charge is 0.387 e. The van der Waals surface area contributed by atoms with Gasteiger partial charge in [-0.15, -0.1) is 0 Å². The van der Waals surface area contributed by atoms with Gasteiger partial charge in [-0.3, -0.25) is 4.79 Å². The number of ether oxygens (including phenoxy) is 2. The summed E-state index contributed by atoms with van der Waals surface area (Å²) in [5.41, 5.74) is 1.45. The molecule has 1 atom stereocenters. The minimum Gasteiger partial charge on any atom is -0.435 e. The van der Waals surface area contributed by atoms with E-state index in [0.29, 0.717) is 21.7 Å². The highest BCUT2D eigenvalue weighted by Gasteiger charge is 2.23. The molecule has 0 saturated heterocycles. The third-order valence-electron chi connectivity index (χ3n) is 3.30. The highest BCUT2D eigenvalue weighted by Crippen LogP contribution is 2.28. The summed E-state index contributed by atoms with van der Waals surface area (Å²) in [7, 11) is 1.41. The van der Waals surface area contributed by atoms with Gasteiger partial charge in [0.15, 0.2) is 5.78 Å². The van der Waals surface area contributed by atoms with Gasteiger partial charge >= 0.3 is 6.61 Å². The van der Waals surface area contributed by atoms with Crippen LogP contribution in [0.4, 0.5) is 8.78 Å². The molecule has 0 fully saturated rings. The molecule has 2 aromatic carbocycles. The molecule has 0 aromatic heterocycles. The van der Waals surface area contributed by atoms with E-state index in [-0.39, 0.29) is 11.5 Å². The molecular formula is C17H15ClF2O3. The fourth-order valence-corrected chi connectivity index (χ4v) is 2.44. The number of benzene rings is 2. The highest BCUT2D eigenvalue weighted by molar-refractivity contribution is 6.31. The number of halogens is 3. The largest absolute Gasteiger partial charge is 0.435 e. The predicted octanol–water partition coefficient (Wildman–Crippen LogP) is 4.82. The van der Waals surface area contributed by atoms with Crippen molar-refractivity contribution in [3.63, 3.8) is 0 Å². The number of rotatable bonds is 6. The lowest BCUT2D eigenvalue weighted by Gasteiger charge is -2.17. The standard InChI is InChI=1S/C17H15ClF2O3/c1-10-8-12(6-7-14(10)23-17(19)20)16(22-2)15(21)11-4-3-5-13(18)9-11/h3-9,16-17H,1-2H3. The molecule has 3 nitrogen and oxygen atoms in total. The van der Waals surface area contributed by atoms with Crippen LogP contribution in [0.25, 0.3) is 0 Å². The summed E-state index contributed by atoms with van der Waals surface area (Å²) in [5, 5.41) is 0.447. The summed E-state index contributed by atoms with van der Waals surface area (Å²) >= 11 is 5.90. The average Bonchev–Trinajstić information content (AvgIpc) is 2.50. The number of carbonyl (C=O) groups is 1. The van der Waals surface area contributed by atoms with Gasteiger partial charge in [0.05, 0.1) is 0 Å². The first-order valence-corrected chi connectivity index (χ1v) is 7.18. The van der Waals surface area contributed by atoms with E-state index in [0.717, 1.165) is 0 Å². The lowest BCUT2D eigenvalue weighted by atomic mass is 9.98. The van der Waals surface area contributed by atoms with Crippen LogP contribution in [-0.2, 0) is 4.74 Å². The molecule has 0 bridgehead atoms. The molecule has 0 amide bonds. The van der Waals surface area contributed by atoms with E-state index in [9.17, 15) is 13.6 Å². The Morgan fingerprint density at radius 1 is 1.17 bits per heavy atom. The van der Waals surface area contributed by atoms with E-state index in [1.165, 1.54) is 19.2 Å². The van der Waals surface area contributed by atoms with Crippen LogP contribution >= 0.6 is 11.6 Å². The van der Waals surface area contributed by atoms with Gasteiger partial charge in [0, 0.05) is 17.7 Å². The van der Waals surface area contributed by atoms with Gasteiger partial charge in [0.1, 0.15) is 11.9 Å². The minimum absolute atomic E-state index is 0.0637. The molecule has 0 heterocycles. The molecule has 0 aliphatic carbocycles. The van der Waals surface area contributed by atoms with E-state index in [1.807, 2.05) is 0 Å². The van der Waals surface area contributed by atoms with Crippen molar-refractivity contribution < 1.29 is 23.0 Å². The third kappa shape index (κ3) is 4.27. The quantitative estimate of drug-likeness (QED) is 0.707. The summed E-state index contributed by atoms with van der Waals surface area (Å²) in [6, 6.07) is 11.1. The van der Waals surface area contributed by atoms with Crippen molar-refractivity contribution in [1.82, 2.24) is 0 Å². The summed E-state index contributed by atoms with van der Waals surface area (Å²) in [5.74, 6) is -0.203. The zero-order valence-electron chi connectivity index (χ0n) is 12.6. The van der Waals surface area contributed by atoms with Crippen molar-refractivity contribution in [1.29, 1.82) is 0 Å². The molecule has 122 valence electrons. The van der Waals surface area contributed by atoms with Crippen LogP contribution in [0.15, 0.2) is 42.5 Å².